The molecule has 1 aromatic heterocycles. The molecule has 0 spiro atoms. The van der Waals surface area contributed by atoms with Crippen LogP contribution < -0.4 is 5.32 Å². The summed E-state index contributed by atoms with van der Waals surface area (Å²) in [4.78, 5) is 10.8. The number of hydrogen-bond donors (Lipinski definition) is 1. The molecule has 1 fully saturated rings. The number of rotatable bonds is 9. The Morgan fingerprint density at radius 2 is 2.30 bits per heavy atom. The second kappa shape index (κ2) is 6.69. The monoisotopic (exact) mass is 282 g/mol. The molecule has 0 bridgehead atoms. The van der Waals surface area contributed by atoms with Crippen molar-refractivity contribution in [2.45, 2.75) is 39.7 Å². The minimum Gasteiger partial charge on any atom is -0.379 e. The van der Waals surface area contributed by atoms with Crippen LogP contribution in [0.4, 0.5) is 11.5 Å². The van der Waals surface area contributed by atoms with E-state index < -0.39 is 0 Å². The van der Waals surface area contributed by atoms with Crippen LogP contribution in [-0.4, -0.2) is 34.5 Å². The quantitative estimate of drug-likeness (QED) is 0.427. The van der Waals surface area contributed by atoms with Crippen molar-refractivity contribution >= 4 is 11.5 Å². The van der Waals surface area contributed by atoms with Crippen molar-refractivity contribution in [3.8, 4) is 0 Å². The lowest BCUT2D eigenvalue weighted by Crippen LogP contribution is -2.15. The van der Waals surface area contributed by atoms with E-state index in [-0.39, 0.29) is 10.6 Å². The van der Waals surface area contributed by atoms with Gasteiger partial charge in [0.25, 0.3) is 0 Å². The second-order valence-corrected chi connectivity index (χ2v) is 5.21. The molecule has 0 unspecified atom stereocenters. The highest BCUT2D eigenvalue weighted by Gasteiger charge is 2.25. The number of nitrogens with zero attached hydrogens (tertiary/aromatic N) is 3. The number of hydrogen-bond acceptors (Lipinski definition) is 5. The summed E-state index contributed by atoms with van der Waals surface area (Å²) in [6.07, 6.45) is 3.41. The smallest absolute Gasteiger partial charge is 0.333 e. The third kappa shape index (κ3) is 3.69. The van der Waals surface area contributed by atoms with E-state index in [2.05, 4.69) is 10.4 Å². The fourth-order valence-corrected chi connectivity index (χ4v) is 2.12. The van der Waals surface area contributed by atoms with Crippen LogP contribution in [0.1, 0.15) is 31.9 Å². The first-order chi connectivity index (χ1) is 9.63. The van der Waals surface area contributed by atoms with Crippen molar-refractivity contribution in [3.05, 3.63) is 15.8 Å². The molecule has 1 aromatic rings. The fraction of sp³-hybridized carbons (Fsp3) is 0.769. The Kier molecular flexibility index (Phi) is 4.94. The first-order valence-corrected chi connectivity index (χ1v) is 7.16. The molecule has 0 aliphatic heterocycles. The van der Waals surface area contributed by atoms with Gasteiger partial charge >= 0.3 is 5.69 Å². The van der Waals surface area contributed by atoms with Crippen LogP contribution in [0, 0.1) is 23.0 Å². The topological polar surface area (TPSA) is 82.2 Å². The van der Waals surface area contributed by atoms with Gasteiger partial charge in [-0.25, -0.2) is 4.68 Å². The summed E-state index contributed by atoms with van der Waals surface area (Å²) in [5.74, 6) is 1.22. The van der Waals surface area contributed by atoms with E-state index in [1.165, 1.54) is 12.8 Å². The van der Waals surface area contributed by atoms with Gasteiger partial charge in [0, 0.05) is 19.7 Å². The van der Waals surface area contributed by atoms with Crippen LogP contribution in [0.25, 0.3) is 0 Å². The Morgan fingerprint density at radius 3 is 2.90 bits per heavy atom. The highest BCUT2D eigenvalue weighted by atomic mass is 16.6. The molecular formula is C13H22N4O3. The van der Waals surface area contributed by atoms with E-state index in [9.17, 15) is 10.1 Å². The summed E-state index contributed by atoms with van der Waals surface area (Å²) >= 11 is 0. The summed E-state index contributed by atoms with van der Waals surface area (Å²) < 4.78 is 7.20. The average Bonchev–Trinajstić information content (AvgIpc) is 3.14. The zero-order chi connectivity index (χ0) is 14.5. The Labute approximate surface area is 118 Å². The van der Waals surface area contributed by atoms with Crippen molar-refractivity contribution < 1.29 is 9.66 Å². The van der Waals surface area contributed by atoms with Gasteiger partial charge in [0.2, 0.25) is 5.82 Å². The normalized spacial score (nSPS) is 14.5. The van der Waals surface area contributed by atoms with E-state index in [0.717, 1.165) is 18.9 Å². The number of aromatic nitrogens is 2. The first kappa shape index (κ1) is 14.8. The first-order valence-electron chi connectivity index (χ1n) is 7.16. The van der Waals surface area contributed by atoms with Gasteiger partial charge in [-0.05, 0) is 32.1 Å². The van der Waals surface area contributed by atoms with Gasteiger partial charge in [0.1, 0.15) is 5.69 Å². The van der Waals surface area contributed by atoms with Gasteiger partial charge in [0.15, 0.2) is 0 Å². The molecule has 1 heterocycles. The van der Waals surface area contributed by atoms with Crippen molar-refractivity contribution in [2.75, 3.05) is 25.1 Å². The number of aryl methyl sites for hydroxylation is 2. The van der Waals surface area contributed by atoms with Gasteiger partial charge in [-0.1, -0.05) is 6.92 Å². The summed E-state index contributed by atoms with van der Waals surface area (Å²) in [6, 6.07) is 0. The molecule has 0 radical (unpaired) electrons. The number of nitrogens with one attached hydrogen (secondary N) is 1. The average molecular weight is 282 g/mol. The molecular weight excluding hydrogens is 260 g/mol. The van der Waals surface area contributed by atoms with E-state index in [0.29, 0.717) is 31.2 Å². The van der Waals surface area contributed by atoms with E-state index >= 15 is 0 Å². The predicted octanol–water partition coefficient (Wildman–Crippen LogP) is 2.35. The summed E-state index contributed by atoms with van der Waals surface area (Å²) in [5.41, 5.74) is 0.519. The number of ether oxygens (including phenoxy) is 1. The second-order valence-electron chi connectivity index (χ2n) is 5.21. The Bertz CT molecular complexity index is 468. The number of nitro groups is 1. The van der Waals surface area contributed by atoms with Gasteiger partial charge in [-0.15, -0.1) is 0 Å². The predicted molar refractivity (Wildman–Crippen MR) is 75.9 cm³/mol. The van der Waals surface area contributed by atoms with Crippen molar-refractivity contribution in [2.24, 2.45) is 5.92 Å². The van der Waals surface area contributed by atoms with Gasteiger partial charge in [-0.3, -0.25) is 10.1 Å². The largest absolute Gasteiger partial charge is 0.379 e. The van der Waals surface area contributed by atoms with E-state index in [1.807, 2.05) is 6.92 Å². The van der Waals surface area contributed by atoms with Crippen LogP contribution in [-0.2, 0) is 11.3 Å². The molecule has 0 amide bonds. The minimum absolute atomic E-state index is 0.0700. The van der Waals surface area contributed by atoms with Crippen LogP contribution in [0.3, 0.4) is 0 Å². The molecule has 1 aliphatic rings. The summed E-state index contributed by atoms with van der Waals surface area (Å²) in [6.45, 7) is 6.27. The standard InChI is InChI=1S/C13H22N4O3/c1-3-7-16-13(12(17(18)19)10(2)15-16)14-6-8-20-9-11-4-5-11/h11,14H,3-9H2,1-2H3. The van der Waals surface area contributed by atoms with Crippen LogP contribution >= 0.6 is 0 Å². The molecule has 1 aliphatic carbocycles. The lowest BCUT2D eigenvalue weighted by Gasteiger charge is -2.08. The Hall–Kier alpha value is -1.63. The van der Waals surface area contributed by atoms with E-state index in [4.69, 9.17) is 4.74 Å². The molecule has 0 atom stereocenters. The molecule has 1 N–H and O–H groups in total. The molecule has 0 aromatic carbocycles. The maximum Gasteiger partial charge on any atom is 0.333 e. The summed E-state index contributed by atoms with van der Waals surface area (Å²) in [7, 11) is 0. The van der Waals surface area contributed by atoms with Crippen LogP contribution in [0.15, 0.2) is 0 Å². The zero-order valence-electron chi connectivity index (χ0n) is 12.1. The molecule has 7 nitrogen and oxygen atoms in total. The van der Waals surface area contributed by atoms with Crippen LogP contribution in [0.2, 0.25) is 0 Å². The maximum absolute atomic E-state index is 11.1. The van der Waals surface area contributed by atoms with E-state index in [1.54, 1.807) is 11.6 Å². The van der Waals surface area contributed by atoms with Gasteiger partial charge < -0.3 is 10.1 Å². The number of anilines is 1. The van der Waals surface area contributed by atoms with Crippen molar-refractivity contribution in [3.63, 3.8) is 0 Å². The molecule has 20 heavy (non-hydrogen) atoms. The van der Waals surface area contributed by atoms with Crippen molar-refractivity contribution in [1.82, 2.24) is 9.78 Å². The highest BCUT2D eigenvalue weighted by molar-refractivity contribution is 5.59. The molecule has 2 rings (SSSR count). The lowest BCUT2D eigenvalue weighted by atomic mass is 10.4. The van der Waals surface area contributed by atoms with Crippen LogP contribution in [0.5, 0.6) is 0 Å². The highest BCUT2D eigenvalue weighted by Crippen LogP contribution is 2.29. The minimum atomic E-state index is -0.373. The maximum atomic E-state index is 11.1. The molecule has 0 saturated heterocycles. The Balaban J connectivity index is 1.93. The third-order valence-electron chi connectivity index (χ3n) is 3.30. The summed E-state index contributed by atoms with van der Waals surface area (Å²) in [5, 5.41) is 18.5. The van der Waals surface area contributed by atoms with Gasteiger partial charge in [-0.2, -0.15) is 5.10 Å². The Morgan fingerprint density at radius 1 is 1.55 bits per heavy atom. The zero-order valence-corrected chi connectivity index (χ0v) is 12.1. The van der Waals surface area contributed by atoms with Gasteiger partial charge in [0.05, 0.1) is 11.5 Å². The third-order valence-corrected chi connectivity index (χ3v) is 3.30. The van der Waals surface area contributed by atoms with Crippen molar-refractivity contribution in [1.29, 1.82) is 0 Å². The molecule has 112 valence electrons. The molecule has 1 saturated carbocycles. The SMILES string of the molecule is CCCn1nc(C)c([N+](=O)[O-])c1NCCOCC1CC1. The fourth-order valence-electron chi connectivity index (χ4n) is 2.12. The molecule has 7 heteroatoms. The lowest BCUT2D eigenvalue weighted by molar-refractivity contribution is -0.384.